The van der Waals surface area contributed by atoms with E-state index < -0.39 is 22.7 Å². The van der Waals surface area contributed by atoms with Gasteiger partial charge in [0.2, 0.25) is 12.4 Å². The summed E-state index contributed by atoms with van der Waals surface area (Å²) in [6.07, 6.45) is 1.65. The van der Waals surface area contributed by atoms with Crippen LogP contribution in [0, 0.1) is 27.9 Å². The van der Waals surface area contributed by atoms with Gasteiger partial charge < -0.3 is 9.15 Å². The smallest absolute Gasteiger partial charge is 0.307 e. The van der Waals surface area contributed by atoms with Crippen LogP contribution in [-0.2, 0) is 20.9 Å². The Kier molecular flexibility index (Phi) is 5.63. The molecule has 1 aromatic carbocycles. The number of carbonyl (C=O) groups is 2. The van der Waals surface area contributed by atoms with Crippen molar-refractivity contribution in [3.63, 3.8) is 0 Å². The van der Waals surface area contributed by atoms with Gasteiger partial charge in [0, 0.05) is 28.7 Å². The summed E-state index contributed by atoms with van der Waals surface area (Å²) in [5, 5.41) is 10.8. The first-order valence-corrected chi connectivity index (χ1v) is 8.74. The van der Waals surface area contributed by atoms with E-state index in [1.807, 2.05) is 30.3 Å². The summed E-state index contributed by atoms with van der Waals surface area (Å²) in [6, 6.07) is 9.38. The Bertz CT molecular complexity index is 832. The Morgan fingerprint density at radius 1 is 1.37 bits per heavy atom. The number of esters is 1. The second-order valence-corrected chi connectivity index (χ2v) is 6.78. The molecule has 0 saturated heterocycles. The van der Waals surface area contributed by atoms with E-state index in [2.05, 4.69) is 4.98 Å². The van der Waals surface area contributed by atoms with Crippen LogP contribution in [0.4, 0.5) is 0 Å². The van der Waals surface area contributed by atoms with Crippen molar-refractivity contribution in [2.75, 3.05) is 6.54 Å². The standard InChI is InChI=1S/C19H20N2O6/c1-12-7-16(22)14(15(12)10-21(24)25)8-19(23)26-11-18-20-9-17(27-18)13-5-3-2-4-6-13/h2-6,9,12,14-15H,7-8,10-11H2,1H3/t12-,14-,15-/m1/s1. The fourth-order valence-electron chi connectivity index (χ4n) is 3.49. The highest BCUT2D eigenvalue weighted by atomic mass is 16.6. The number of rotatable bonds is 7. The average molecular weight is 372 g/mol. The van der Waals surface area contributed by atoms with Gasteiger partial charge in [-0.25, -0.2) is 4.98 Å². The zero-order valence-electron chi connectivity index (χ0n) is 14.9. The molecule has 2 aromatic rings. The minimum Gasteiger partial charge on any atom is -0.456 e. The van der Waals surface area contributed by atoms with Crippen LogP contribution in [-0.4, -0.2) is 28.2 Å². The van der Waals surface area contributed by atoms with Crippen LogP contribution in [0.2, 0.25) is 0 Å². The molecule has 1 saturated carbocycles. The molecular weight excluding hydrogens is 352 g/mol. The summed E-state index contributed by atoms with van der Waals surface area (Å²) in [6.45, 7) is 1.34. The number of oxazole rings is 1. The molecule has 1 heterocycles. The minimum absolute atomic E-state index is 0.110. The van der Waals surface area contributed by atoms with Crippen LogP contribution in [0.25, 0.3) is 11.3 Å². The van der Waals surface area contributed by atoms with Gasteiger partial charge in [0.1, 0.15) is 5.78 Å². The molecule has 3 atom stereocenters. The molecule has 8 nitrogen and oxygen atoms in total. The summed E-state index contributed by atoms with van der Waals surface area (Å²) in [4.78, 5) is 38.7. The van der Waals surface area contributed by atoms with Gasteiger partial charge in [-0.2, -0.15) is 0 Å². The quantitative estimate of drug-likeness (QED) is 0.417. The summed E-state index contributed by atoms with van der Waals surface area (Å²) in [5.74, 6) is -1.11. The topological polar surface area (TPSA) is 113 Å². The summed E-state index contributed by atoms with van der Waals surface area (Å²) in [7, 11) is 0. The van der Waals surface area contributed by atoms with Gasteiger partial charge in [-0.3, -0.25) is 19.7 Å². The predicted octanol–water partition coefficient (Wildman–Crippen LogP) is 2.89. The molecule has 0 unspecified atom stereocenters. The second kappa shape index (κ2) is 8.11. The molecule has 1 aromatic heterocycles. The molecule has 1 aliphatic carbocycles. The van der Waals surface area contributed by atoms with Gasteiger partial charge in [0.25, 0.3) is 0 Å². The first-order valence-electron chi connectivity index (χ1n) is 8.74. The number of carbonyl (C=O) groups excluding carboxylic acids is 2. The maximum atomic E-state index is 12.1. The van der Waals surface area contributed by atoms with E-state index in [4.69, 9.17) is 9.15 Å². The zero-order chi connectivity index (χ0) is 19.4. The van der Waals surface area contributed by atoms with E-state index in [1.165, 1.54) is 0 Å². The van der Waals surface area contributed by atoms with E-state index in [1.54, 1.807) is 13.1 Å². The molecule has 0 amide bonds. The van der Waals surface area contributed by atoms with Crippen molar-refractivity contribution in [3.8, 4) is 11.3 Å². The molecule has 0 aliphatic heterocycles. The number of hydrogen-bond donors (Lipinski definition) is 0. The molecule has 0 radical (unpaired) electrons. The molecule has 142 valence electrons. The fourth-order valence-corrected chi connectivity index (χ4v) is 3.49. The average Bonchev–Trinajstić information content (AvgIpc) is 3.21. The van der Waals surface area contributed by atoms with E-state index >= 15 is 0 Å². The Morgan fingerprint density at radius 2 is 2.11 bits per heavy atom. The molecule has 27 heavy (non-hydrogen) atoms. The number of ether oxygens (including phenoxy) is 1. The second-order valence-electron chi connectivity index (χ2n) is 6.78. The van der Waals surface area contributed by atoms with Crippen LogP contribution < -0.4 is 0 Å². The Labute approximate surface area is 155 Å². The van der Waals surface area contributed by atoms with E-state index in [-0.39, 0.29) is 43.6 Å². The van der Waals surface area contributed by atoms with Crippen LogP contribution >= 0.6 is 0 Å². The maximum Gasteiger partial charge on any atom is 0.307 e. The number of Topliss-reactive ketones (excluding diaryl/α,β-unsaturated/α-hetero) is 1. The van der Waals surface area contributed by atoms with Crippen molar-refractivity contribution < 1.29 is 23.7 Å². The van der Waals surface area contributed by atoms with Gasteiger partial charge in [-0.1, -0.05) is 37.3 Å². The largest absolute Gasteiger partial charge is 0.456 e. The Balaban J connectivity index is 1.56. The number of nitrogens with zero attached hydrogens (tertiary/aromatic N) is 2. The lowest BCUT2D eigenvalue weighted by Crippen LogP contribution is -2.27. The number of hydrogen-bond acceptors (Lipinski definition) is 7. The first kappa shape index (κ1) is 18.8. The van der Waals surface area contributed by atoms with Crippen molar-refractivity contribution in [2.24, 2.45) is 17.8 Å². The monoisotopic (exact) mass is 372 g/mol. The molecule has 1 fully saturated rings. The Hall–Kier alpha value is -3.03. The fraction of sp³-hybridized carbons (Fsp3) is 0.421. The third kappa shape index (κ3) is 4.58. The number of aromatic nitrogens is 1. The molecular formula is C19H20N2O6. The van der Waals surface area contributed by atoms with Crippen LogP contribution in [0.1, 0.15) is 25.7 Å². The van der Waals surface area contributed by atoms with E-state index in [0.29, 0.717) is 5.76 Å². The van der Waals surface area contributed by atoms with Gasteiger partial charge in [0.05, 0.1) is 12.6 Å². The highest BCUT2D eigenvalue weighted by Crippen LogP contribution is 2.36. The van der Waals surface area contributed by atoms with Gasteiger partial charge >= 0.3 is 5.97 Å². The summed E-state index contributed by atoms with van der Waals surface area (Å²) in [5.41, 5.74) is 0.857. The number of nitro groups is 1. The lowest BCUT2D eigenvalue weighted by molar-refractivity contribution is -0.490. The lowest BCUT2D eigenvalue weighted by atomic mass is 9.88. The number of benzene rings is 1. The third-order valence-electron chi connectivity index (χ3n) is 4.90. The van der Waals surface area contributed by atoms with E-state index in [0.717, 1.165) is 5.56 Å². The molecule has 0 spiro atoms. The van der Waals surface area contributed by atoms with Crippen molar-refractivity contribution in [1.82, 2.24) is 4.98 Å². The SMILES string of the molecule is C[C@@H]1CC(=O)[C@H](CC(=O)OCc2ncc(-c3ccccc3)o2)[C@@H]1C[N+](=O)[O-]. The first-order chi connectivity index (χ1) is 12.9. The normalized spacial score (nSPS) is 22.0. The van der Waals surface area contributed by atoms with Crippen LogP contribution in [0.15, 0.2) is 40.9 Å². The highest BCUT2D eigenvalue weighted by molar-refractivity contribution is 5.87. The minimum atomic E-state index is -0.665. The van der Waals surface area contributed by atoms with Crippen LogP contribution in [0.5, 0.6) is 0 Å². The van der Waals surface area contributed by atoms with E-state index in [9.17, 15) is 19.7 Å². The molecule has 8 heteroatoms. The van der Waals surface area contributed by atoms with Crippen molar-refractivity contribution in [1.29, 1.82) is 0 Å². The van der Waals surface area contributed by atoms with Gasteiger partial charge in [0.15, 0.2) is 12.4 Å². The van der Waals surface area contributed by atoms with Gasteiger partial charge in [-0.15, -0.1) is 0 Å². The lowest BCUT2D eigenvalue weighted by Gasteiger charge is -2.16. The summed E-state index contributed by atoms with van der Waals surface area (Å²) >= 11 is 0. The van der Waals surface area contributed by atoms with Crippen molar-refractivity contribution >= 4 is 11.8 Å². The molecule has 1 aliphatic rings. The summed E-state index contributed by atoms with van der Waals surface area (Å²) < 4.78 is 10.7. The van der Waals surface area contributed by atoms with Crippen molar-refractivity contribution in [2.45, 2.75) is 26.4 Å². The maximum absolute atomic E-state index is 12.1. The molecule has 3 rings (SSSR count). The Morgan fingerprint density at radius 3 is 2.81 bits per heavy atom. The van der Waals surface area contributed by atoms with Gasteiger partial charge in [-0.05, 0) is 5.92 Å². The molecule has 0 bridgehead atoms. The predicted molar refractivity (Wildman–Crippen MR) is 94.0 cm³/mol. The zero-order valence-corrected chi connectivity index (χ0v) is 14.9. The van der Waals surface area contributed by atoms with Crippen LogP contribution in [0.3, 0.4) is 0 Å². The molecule has 0 N–H and O–H groups in total. The third-order valence-corrected chi connectivity index (χ3v) is 4.90. The highest BCUT2D eigenvalue weighted by Gasteiger charge is 2.44. The van der Waals surface area contributed by atoms with Crippen molar-refractivity contribution in [3.05, 3.63) is 52.5 Å². The number of ketones is 1.